The fourth-order valence-corrected chi connectivity index (χ4v) is 3.12. The third-order valence-electron chi connectivity index (χ3n) is 3.90. The quantitative estimate of drug-likeness (QED) is 0.751. The molecule has 0 heterocycles. The van der Waals surface area contributed by atoms with Crippen LogP contribution in [0.25, 0.3) is 0 Å². The molecule has 3 N–H and O–H groups in total. The molecule has 23 heavy (non-hydrogen) atoms. The maximum Gasteiger partial charge on any atom is 0.321 e. The van der Waals surface area contributed by atoms with Gasteiger partial charge in [-0.2, -0.15) is 0 Å². The van der Waals surface area contributed by atoms with Crippen LogP contribution in [0.3, 0.4) is 0 Å². The van der Waals surface area contributed by atoms with Gasteiger partial charge in [0.25, 0.3) is 5.91 Å². The van der Waals surface area contributed by atoms with Gasteiger partial charge in [0.05, 0.1) is 17.1 Å². The number of halogens is 2. The van der Waals surface area contributed by atoms with Gasteiger partial charge in [-0.25, -0.2) is 4.79 Å². The van der Waals surface area contributed by atoms with Crippen molar-refractivity contribution < 1.29 is 14.5 Å². The van der Waals surface area contributed by atoms with Gasteiger partial charge < -0.3 is 10.2 Å². The van der Waals surface area contributed by atoms with Crippen LogP contribution in [0.5, 0.6) is 0 Å². The molecule has 1 aromatic carbocycles. The standard InChI is InChI=1S/C16H21Cl2N3O2/c1-21(9-11-6-7-13(17)14(18)8-11)10-15(22)20-16(23)19-12-4-2-3-5-12/h6-8,12H,2-5,9-10H2,1H3,(H2,19,20,22,23)/p+1. The van der Waals surface area contributed by atoms with E-state index < -0.39 is 6.03 Å². The van der Waals surface area contributed by atoms with Gasteiger partial charge in [0.15, 0.2) is 6.54 Å². The van der Waals surface area contributed by atoms with E-state index in [1.165, 1.54) is 0 Å². The lowest BCUT2D eigenvalue weighted by Gasteiger charge is -2.15. The summed E-state index contributed by atoms with van der Waals surface area (Å²) in [5, 5.41) is 6.23. The number of hydrogen-bond acceptors (Lipinski definition) is 2. The van der Waals surface area contributed by atoms with Gasteiger partial charge in [-0.1, -0.05) is 42.1 Å². The van der Waals surface area contributed by atoms with Gasteiger partial charge >= 0.3 is 6.03 Å². The number of rotatable bonds is 5. The summed E-state index contributed by atoms with van der Waals surface area (Å²) in [4.78, 5) is 24.6. The monoisotopic (exact) mass is 358 g/mol. The zero-order valence-corrected chi connectivity index (χ0v) is 14.6. The van der Waals surface area contributed by atoms with E-state index in [2.05, 4.69) is 10.6 Å². The van der Waals surface area contributed by atoms with E-state index in [-0.39, 0.29) is 18.5 Å². The maximum absolute atomic E-state index is 11.9. The number of nitrogens with one attached hydrogen (secondary N) is 3. The largest absolute Gasteiger partial charge is 0.335 e. The van der Waals surface area contributed by atoms with Crippen molar-refractivity contribution in [2.24, 2.45) is 0 Å². The molecule has 0 bridgehead atoms. The lowest BCUT2D eigenvalue weighted by molar-refractivity contribution is -0.885. The first-order valence-corrected chi connectivity index (χ1v) is 8.55. The first kappa shape index (κ1) is 18.0. The third-order valence-corrected chi connectivity index (χ3v) is 4.63. The Morgan fingerprint density at radius 1 is 1.22 bits per heavy atom. The highest BCUT2D eigenvalue weighted by Gasteiger charge is 2.19. The summed E-state index contributed by atoms with van der Waals surface area (Å²) in [7, 11) is 1.89. The van der Waals surface area contributed by atoms with E-state index in [0.29, 0.717) is 16.6 Å². The number of amides is 3. The number of benzene rings is 1. The molecule has 2 rings (SSSR count). The van der Waals surface area contributed by atoms with Crippen LogP contribution in [-0.4, -0.2) is 31.6 Å². The fourth-order valence-electron chi connectivity index (χ4n) is 2.80. The average Bonchev–Trinajstić information content (AvgIpc) is 2.95. The van der Waals surface area contributed by atoms with Gasteiger partial charge in [0, 0.05) is 11.6 Å². The van der Waals surface area contributed by atoms with Gasteiger partial charge in [-0.3, -0.25) is 10.1 Å². The van der Waals surface area contributed by atoms with E-state index in [4.69, 9.17) is 23.2 Å². The Kier molecular flexibility index (Phi) is 6.69. The minimum atomic E-state index is -0.399. The highest BCUT2D eigenvalue weighted by Crippen LogP contribution is 2.22. The molecule has 1 saturated carbocycles. The second-order valence-corrected chi connectivity index (χ2v) is 6.88. The highest BCUT2D eigenvalue weighted by molar-refractivity contribution is 6.42. The Morgan fingerprint density at radius 2 is 1.91 bits per heavy atom. The molecule has 7 heteroatoms. The van der Waals surface area contributed by atoms with Crippen molar-refractivity contribution in [1.82, 2.24) is 10.6 Å². The van der Waals surface area contributed by atoms with Crippen LogP contribution in [0.15, 0.2) is 18.2 Å². The van der Waals surface area contributed by atoms with Crippen LogP contribution in [0.2, 0.25) is 10.0 Å². The summed E-state index contributed by atoms with van der Waals surface area (Å²) in [5.74, 6) is -0.293. The van der Waals surface area contributed by atoms with Gasteiger partial charge in [0.2, 0.25) is 0 Å². The molecule has 3 amide bonds. The minimum absolute atomic E-state index is 0.198. The zero-order chi connectivity index (χ0) is 16.8. The second kappa shape index (κ2) is 8.52. The summed E-state index contributed by atoms with van der Waals surface area (Å²) in [6.07, 6.45) is 4.25. The molecule has 1 aromatic rings. The third kappa shape index (κ3) is 6.01. The molecule has 1 aliphatic rings. The number of likely N-dealkylation sites (N-methyl/N-ethyl adjacent to an activating group) is 1. The van der Waals surface area contributed by atoms with Crippen molar-refractivity contribution in [3.05, 3.63) is 33.8 Å². The molecule has 126 valence electrons. The Bertz CT molecular complexity index is 574. The summed E-state index contributed by atoms with van der Waals surface area (Å²) >= 11 is 11.9. The van der Waals surface area contributed by atoms with Crippen molar-refractivity contribution in [3.8, 4) is 0 Å². The summed E-state index contributed by atoms with van der Waals surface area (Å²) < 4.78 is 0. The summed E-state index contributed by atoms with van der Waals surface area (Å²) in [6, 6.07) is 5.20. The Morgan fingerprint density at radius 3 is 2.57 bits per heavy atom. The SMILES string of the molecule is C[NH+](CC(=O)NC(=O)NC1CCCC1)Cc1ccc(Cl)c(Cl)c1. The van der Waals surface area contributed by atoms with E-state index in [9.17, 15) is 9.59 Å². The number of hydrogen-bond donors (Lipinski definition) is 3. The average molecular weight is 359 g/mol. The molecule has 1 fully saturated rings. The molecule has 1 aliphatic carbocycles. The second-order valence-electron chi connectivity index (χ2n) is 6.06. The molecular formula is C16H22Cl2N3O2+. The summed E-state index contributed by atoms with van der Waals surface area (Å²) in [5.41, 5.74) is 0.986. The smallest absolute Gasteiger partial charge is 0.321 e. The van der Waals surface area contributed by atoms with Crippen LogP contribution in [0.1, 0.15) is 31.2 Å². The molecule has 0 aliphatic heterocycles. The van der Waals surface area contributed by atoms with Gasteiger partial charge in [-0.15, -0.1) is 0 Å². The lowest BCUT2D eigenvalue weighted by atomic mass is 10.2. The Labute approximate surface area is 146 Å². The van der Waals surface area contributed by atoms with Crippen LogP contribution in [-0.2, 0) is 11.3 Å². The first-order chi connectivity index (χ1) is 10.9. The molecule has 5 nitrogen and oxygen atoms in total. The van der Waals surface area contributed by atoms with E-state index >= 15 is 0 Å². The van der Waals surface area contributed by atoms with Crippen LogP contribution >= 0.6 is 23.2 Å². The predicted molar refractivity (Wildman–Crippen MR) is 90.9 cm³/mol. The minimum Gasteiger partial charge on any atom is -0.335 e. The number of imide groups is 1. The fraction of sp³-hybridized carbons (Fsp3) is 0.500. The number of carbonyl (C=O) groups excluding carboxylic acids is 2. The van der Waals surface area contributed by atoms with Crippen molar-refractivity contribution >= 4 is 35.1 Å². The van der Waals surface area contributed by atoms with Crippen LogP contribution in [0, 0.1) is 0 Å². The topological polar surface area (TPSA) is 62.6 Å². The van der Waals surface area contributed by atoms with Crippen LogP contribution < -0.4 is 15.5 Å². The molecule has 0 radical (unpaired) electrons. The first-order valence-electron chi connectivity index (χ1n) is 7.79. The molecule has 0 spiro atoms. The molecular weight excluding hydrogens is 337 g/mol. The molecule has 0 saturated heterocycles. The number of carbonyl (C=O) groups is 2. The molecule has 1 atom stereocenters. The van der Waals surface area contributed by atoms with Gasteiger partial charge in [-0.05, 0) is 25.0 Å². The maximum atomic E-state index is 11.9. The van der Waals surface area contributed by atoms with Crippen LogP contribution in [0.4, 0.5) is 4.79 Å². The van der Waals surface area contributed by atoms with E-state index in [1.807, 2.05) is 13.1 Å². The lowest BCUT2D eigenvalue weighted by Crippen LogP contribution is -3.09. The Hall–Kier alpha value is -1.30. The van der Waals surface area contributed by atoms with Crippen molar-refractivity contribution in [2.75, 3.05) is 13.6 Å². The van der Waals surface area contributed by atoms with Crippen molar-refractivity contribution in [1.29, 1.82) is 0 Å². The van der Waals surface area contributed by atoms with E-state index in [0.717, 1.165) is 36.1 Å². The normalized spacial score (nSPS) is 16.1. The van der Waals surface area contributed by atoms with Crippen molar-refractivity contribution in [3.63, 3.8) is 0 Å². The summed E-state index contributed by atoms with van der Waals surface area (Å²) in [6.45, 7) is 0.826. The number of quaternary nitrogens is 1. The molecule has 0 aromatic heterocycles. The van der Waals surface area contributed by atoms with Gasteiger partial charge in [0.1, 0.15) is 6.54 Å². The van der Waals surface area contributed by atoms with Crippen molar-refractivity contribution in [2.45, 2.75) is 38.3 Å². The Balaban J connectivity index is 1.75. The molecule has 1 unspecified atom stereocenters. The van der Waals surface area contributed by atoms with E-state index in [1.54, 1.807) is 12.1 Å². The highest BCUT2D eigenvalue weighted by atomic mass is 35.5. The number of urea groups is 1. The zero-order valence-electron chi connectivity index (χ0n) is 13.1. The predicted octanol–water partition coefficient (Wildman–Crippen LogP) is 1.78.